The summed E-state index contributed by atoms with van der Waals surface area (Å²) in [6, 6.07) is 10.6. The van der Waals surface area contributed by atoms with Gasteiger partial charge in [0.15, 0.2) is 0 Å². The molecule has 4 rings (SSSR count). The number of benzene rings is 1. The second-order valence-electron chi connectivity index (χ2n) is 7.18. The van der Waals surface area contributed by atoms with Gasteiger partial charge in [-0.3, -0.25) is 9.69 Å². The Morgan fingerprint density at radius 3 is 3.00 bits per heavy atom. The van der Waals surface area contributed by atoms with Gasteiger partial charge in [-0.15, -0.1) is 23.7 Å². The number of nitrogens with zero attached hydrogens (tertiary/aromatic N) is 2. The number of rotatable bonds is 5. The van der Waals surface area contributed by atoms with Crippen LogP contribution in [-0.2, 0) is 17.8 Å². The molecule has 5 nitrogen and oxygen atoms in total. The van der Waals surface area contributed by atoms with Crippen LogP contribution in [0.5, 0.6) is 5.75 Å². The average molecular weight is 422 g/mol. The van der Waals surface area contributed by atoms with Gasteiger partial charge in [0.25, 0.3) is 0 Å². The lowest BCUT2D eigenvalue weighted by atomic mass is 10.0. The maximum atomic E-state index is 12.8. The molecule has 2 aromatic rings. The Labute approximate surface area is 177 Å². The van der Waals surface area contributed by atoms with Crippen molar-refractivity contribution in [3.05, 3.63) is 51.7 Å². The molecule has 28 heavy (non-hydrogen) atoms. The van der Waals surface area contributed by atoms with Crippen molar-refractivity contribution in [3.63, 3.8) is 0 Å². The highest BCUT2D eigenvalue weighted by atomic mass is 35.5. The molecule has 152 valence electrons. The van der Waals surface area contributed by atoms with Gasteiger partial charge in [0.1, 0.15) is 5.75 Å². The smallest absolute Gasteiger partial charge is 0.224 e. The quantitative estimate of drug-likeness (QED) is 0.805. The lowest BCUT2D eigenvalue weighted by Gasteiger charge is -2.37. The second kappa shape index (κ2) is 9.74. The molecule has 1 aromatic heterocycles. The molecule has 2 aliphatic heterocycles. The number of halogens is 1. The second-order valence-corrected chi connectivity index (χ2v) is 8.18. The van der Waals surface area contributed by atoms with Gasteiger partial charge < -0.3 is 15.0 Å². The SMILES string of the molecule is COc1ccccc1C1CNCCN1CCC(=O)N1CCc2sccc2C1.Cl. The number of carbonyl (C=O) groups is 1. The van der Waals surface area contributed by atoms with Gasteiger partial charge >= 0.3 is 0 Å². The lowest BCUT2D eigenvalue weighted by Crippen LogP contribution is -2.47. The van der Waals surface area contributed by atoms with Gasteiger partial charge in [0, 0.05) is 56.1 Å². The van der Waals surface area contributed by atoms with Gasteiger partial charge in [-0.25, -0.2) is 0 Å². The van der Waals surface area contributed by atoms with Crippen molar-refractivity contribution in [3.8, 4) is 5.75 Å². The van der Waals surface area contributed by atoms with E-state index in [1.165, 1.54) is 16.0 Å². The highest BCUT2D eigenvalue weighted by molar-refractivity contribution is 7.10. The first-order chi connectivity index (χ1) is 13.3. The zero-order valence-electron chi connectivity index (χ0n) is 16.2. The van der Waals surface area contributed by atoms with Crippen LogP contribution in [0.1, 0.15) is 28.5 Å². The van der Waals surface area contributed by atoms with Crippen LogP contribution in [0, 0.1) is 0 Å². The Morgan fingerprint density at radius 2 is 2.14 bits per heavy atom. The topological polar surface area (TPSA) is 44.8 Å². The molecular formula is C21H28ClN3O2S. The number of methoxy groups -OCH3 is 1. The number of piperazine rings is 1. The van der Waals surface area contributed by atoms with E-state index in [2.05, 4.69) is 33.8 Å². The minimum absolute atomic E-state index is 0. The predicted octanol–water partition coefficient (Wildman–Crippen LogP) is 3.10. The third kappa shape index (κ3) is 4.51. The van der Waals surface area contributed by atoms with Crippen LogP contribution in [0.4, 0.5) is 0 Å². The summed E-state index contributed by atoms with van der Waals surface area (Å²) < 4.78 is 5.56. The number of hydrogen-bond donors (Lipinski definition) is 1. The fourth-order valence-electron chi connectivity index (χ4n) is 4.12. The zero-order valence-corrected chi connectivity index (χ0v) is 17.9. The normalized spacial score (nSPS) is 19.6. The van der Waals surface area contributed by atoms with Crippen LogP contribution in [0.2, 0.25) is 0 Å². The first kappa shape index (κ1) is 21.1. The minimum atomic E-state index is 0. The van der Waals surface area contributed by atoms with Gasteiger partial charge in [0.2, 0.25) is 5.91 Å². The van der Waals surface area contributed by atoms with Crippen LogP contribution < -0.4 is 10.1 Å². The predicted molar refractivity (Wildman–Crippen MR) is 115 cm³/mol. The van der Waals surface area contributed by atoms with E-state index in [0.29, 0.717) is 6.42 Å². The molecule has 7 heteroatoms. The molecule has 1 amide bonds. The number of thiophene rings is 1. The Kier molecular flexibility index (Phi) is 7.35. The summed E-state index contributed by atoms with van der Waals surface area (Å²) in [6.45, 7) is 5.21. The van der Waals surface area contributed by atoms with Gasteiger partial charge in [-0.1, -0.05) is 18.2 Å². The Hall–Kier alpha value is -1.60. The summed E-state index contributed by atoms with van der Waals surface area (Å²) in [5.41, 5.74) is 2.52. The van der Waals surface area contributed by atoms with Crippen LogP contribution in [0.25, 0.3) is 0 Å². The molecule has 1 atom stereocenters. The van der Waals surface area contributed by atoms with E-state index < -0.39 is 0 Å². The van der Waals surface area contributed by atoms with Crippen LogP contribution in [0.3, 0.4) is 0 Å². The third-order valence-electron chi connectivity index (χ3n) is 5.63. The van der Waals surface area contributed by atoms with Gasteiger partial charge in [-0.05, 0) is 29.5 Å². The number of carbonyl (C=O) groups excluding carboxylic acids is 1. The number of para-hydroxylation sites is 1. The van der Waals surface area contributed by atoms with E-state index in [9.17, 15) is 4.79 Å². The highest BCUT2D eigenvalue weighted by Gasteiger charge is 2.28. The maximum Gasteiger partial charge on any atom is 0.224 e. The van der Waals surface area contributed by atoms with Crippen molar-refractivity contribution in [1.82, 2.24) is 15.1 Å². The van der Waals surface area contributed by atoms with Crippen molar-refractivity contribution in [2.24, 2.45) is 0 Å². The van der Waals surface area contributed by atoms with E-state index in [-0.39, 0.29) is 24.4 Å². The molecule has 1 unspecified atom stereocenters. The van der Waals surface area contributed by atoms with E-state index in [0.717, 1.165) is 51.4 Å². The number of fused-ring (bicyclic) bond motifs is 1. The van der Waals surface area contributed by atoms with Crippen LogP contribution >= 0.6 is 23.7 Å². The molecule has 0 saturated carbocycles. The molecule has 0 spiro atoms. The summed E-state index contributed by atoms with van der Waals surface area (Å²) in [6.07, 6.45) is 1.57. The van der Waals surface area contributed by atoms with E-state index in [4.69, 9.17) is 4.74 Å². The van der Waals surface area contributed by atoms with Gasteiger partial charge in [-0.2, -0.15) is 0 Å². The number of ether oxygens (including phenoxy) is 1. The molecule has 1 saturated heterocycles. The molecule has 1 aromatic carbocycles. The number of amides is 1. The maximum absolute atomic E-state index is 12.8. The molecule has 0 radical (unpaired) electrons. The van der Waals surface area contributed by atoms with Crippen LogP contribution in [-0.4, -0.2) is 55.5 Å². The molecule has 1 N–H and O–H groups in total. The number of hydrogen-bond acceptors (Lipinski definition) is 5. The van der Waals surface area contributed by atoms with Crippen molar-refractivity contribution in [2.45, 2.75) is 25.4 Å². The molecule has 2 aliphatic rings. The standard InChI is InChI=1S/C21H27N3O2S.ClH/c1-26-19-5-3-2-4-17(19)18-14-22-9-12-23(18)11-7-21(25)24-10-6-20-16(15-24)8-13-27-20;/h2-5,8,13,18,22H,6-7,9-12,14-15H2,1H3;1H. The fourth-order valence-corrected chi connectivity index (χ4v) is 5.01. The summed E-state index contributed by atoms with van der Waals surface area (Å²) in [7, 11) is 1.72. The molecule has 3 heterocycles. The Balaban J connectivity index is 0.00000225. The largest absolute Gasteiger partial charge is 0.496 e. The van der Waals surface area contributed by atoms with E-state index >= 15 is 0 Å². The van der Waals surface area contributed by atoms with Gasteiger partial charge in [0.05, 0.1) is 13.2 Å². The minimum Gasteiger partial charge on any atom is -0.496 e. The third-order valence-corrected chi connectivity index (χ3v) is 6.65. The van der Waals surface area contributed by atoms with Crippen molar-refractivity contribution < 1.29 is 9.53 Å². The summed E-state index contributed by atoms with van der Waals surface area (Å²) >= 11 is 1.81. The van der Waals surface area contributed by atoms with Crippen molar-refractivity contribution in [2.75, 3.05) is 39.8 Å². The first-order valence-corrected chi connectivity index (χ1v) is 10.5. The summed E-state index contributed by atoms with van der Waals surface area (Å²) in [5.74, 6) is 1.19. The zero-order chi connectivity index (χ0) is 18.6. The summed E-state index contributed by atoms with van der Waals surface area (Å²) in [5, 5.41) is 5.62. The molecule has 1 fully saturated rings. The summed E-state index contributed by atoms with van der Waals surface area (Å²) in [4.78, 5) is 18.7. The molecule has 0 aliphatic carbocycles. The highest BCUT2D eigenvalue weighted by Crippen LogP contribution is 2.30. The lowest BCUT2D eigenvalue weighted by molar-refractivity contribution is -0.132. The van der Waals surface area contributed by atoms with Crippen molar-refractivity contribution >= 4 is 29.7 Å². The van der Waals surface area contributed by atoms with Crippen LogP contribution in [0.15, 0.2) is 35.7 Å². The molecule has 0 bridgehead atoms. The van der Waals surface area contributed by atoms with E-state index in [1.807, 2.05) is 28.4 Å². The first-order valence-electron chi connectivity index (χ1n) is 9.67. The fraction of sp³-hybridized carbons (Fsp3) is 0.476. The molecular weight excluding hydrogens is 394 g/mol. The monoisotopic (exact) mass is 421 g/mol. The Bertz CT molecular complexity index is 797. The average Bonchev–Trinajstić information content (AvgIpc) is 3.20. The van der Waals surface area contributed by atoms with E-state index in [1.54, 1.807) is 7.11 Å². The Morgan fingerprint density at radius 1 is 1.29 bits per heavy atom. The number of nitrogens with one attached hydrogen (secondary N) is 1. The van der Waals surface area contributed by atoms with Crippen molar-refractivity contribution in [1.29, 1.82) is 0 Å².